The molecule has 174 valence electrons. The van der Waals surface area contributed by atoms with E-state index in [1.54, 1.807) is 6.20 Å². The van der Waals surface area contributed by atoms with Crippen LogP contribution in [0.4, 0.5) is 11.6 Å². The van der Waals surface area contributed by atoms with Crippen molar-refractivity contribution in [1.82, 2.24) is 14.9 Å². The predicted octanol–water partition coefficient (Wildman–Crippen LogP) is 4.69. The Morgan fingerprint density at radius 3 is 2.55 bits per heavy atom. The van der Waals surface area contributed by atoms with E-state index < -0.39 is 0 Å². The number of amides is 1. The Labute approximate surface area is 196 Å². The number of nitrogens with zero attached hydrogens (tertiary/aromatic N) is 4. The van der Waals surface area contributed by atoms with Crippen molar-refractivity contribution in [3.8, 4) is 0 Å². The number of aromatic nitrogens is 2. The summed E-state index contributed by atoms with van der Waals surface area (Å²) in [6, 6.07) is 16.8. The van der Waals surface area contributed by atoms with E-state index in [1.807, 2.05) is 23.1 Å². The molecule has 1 saturated carbocycles. The van der Waals surface area contributed by atoms with Crippen LogP contribution in [0.3, 0.4) is 0 Å². The Morgan fingerprint density at radius 2 is 1.82 bits per heavy atom. The van der Waals surface area contributed by atoms with Gasteiger partial charge in [-0.3, -0.25) is 14.6 Å². The van der Waals surface area contributed by atoms with Crippen LogP contribution in [-0.4, -0.2) is 59.5 Å². The van der Waals surface area contributed by atoms with E-state index in [1.165, 1.54) is 23.1 Å². The summed E-state index contributed by atoms with van der Waals surface area (Å²) in [5.41, 5.74) is 1.19. The molecule has 2 fully saturated rings. The van der Waals surface area contributed by atoms with Crippen molar-refractivity contribution in [1.29, 1.82) is 0 Å². The molecule has 1 saturated heterocycles. The van der Waals surface area contributed by atoms with Gasteiger partial charge in [0.15, 0.2) is 0 Å². The van der Waals surface area contributed by atoms with Gasteiger partial charge in [-0.2, -0.15) is 0 Å². The number of fused-ring (bicyclic) bond motifs is 1. The topological polar surface area (TPSA) is 55.5 Å². The third kappa shape index (κ3) is 4.91. The maximum absolute atomic E-state index is 13.5. The summed E-state index contributed by atoms with van der Waals surface area (Å²) in [6.07, 6.45) is 7.40. The average Bonchev–Trinajstić information content (AvgIpc) is 3.32. The normalized spacial score (nSPS) is 19.0. The zero-order valence-electron chi connectivity index (χ0n) is 19.6. The number of H-pyrrole nitrogens is 1. The van der Waals surface area contributed by atoms with Crippen LogP contribution in [0.2, 0.25) is 0 Å². The zero-order chi connectivity index (χ0) is 22.6. The fraction of sp³-hybridized carbons (Fsp3) is 0.481. The minimum absolute atomic E-state index is 0.145. The SMILES string of the molecule is C[C@H](CN(C(=O)C1CCCCC1)c1ccccn1)N1CCN(c2cc3ccccc3[nH]2)CC1. The molecule has 3 aromatic rings. The number of benzene rings is 1. The Kier molecular flexibility index (Phi) is 6.63. The minimum Gasteiger partial charge on any atom is -0.356 e. The van der Waals surface area contributed by atoms with Crippen molar-refractivity contribution in [2.45, 2.75) is 45.1 Å². The predicted molar refractivity (Wildman–Crippen MR) is 135 cm³/mol. The van der Waals surface area contributed by atoms with E-state index in [4.69, 9.17) is 0 Å². The first kappa shape index (κ1) is 22.0. The number of carbonyl (C=O) groups is 1. The first-order valence-electron chi connectivity index (χ1n) is 12.5. The van der Waals surface area contributed by atoms with Crippen LogP contribution in [0.25, 0.3) is 10.9 Å². The molecular formula is C27H35N5O. The van der Waals surface area contributed by atoms with E-state index in [9.17, 15) is 4.79 Å². The van der Waals surface area contributed by atoms with Gasteiger partial charge in [0.2, 0.25) is 5.91 Å². The summed E-state index contributed by atoms with van der Waals surface area (Å²) < 4.78 is 0. The molecule has 3 heterocycles. The van der Waals surface area contributed by atoms with E-state index in [0.717, 1.165) is 57.7 Å². The fourth-order valence-corrected chi connectivity index (χ4v) is 5.39. The molecule has 33 heavy (non-hydrogen) atoms. The smallest absolute Gasteiger partial charge is 0.231 e. The lowest BCUT2D eigenvalue weighted by atomic mass is 9.88. The number of piperazine rings is 1. The highest BCUT2D eigenvalue weighted by Gasteiger charge is 2.30. The van der Waals surface area contributed by atoms with Crippen molar-refractivity contribution in [3.63, 3.8) is 0 Å². The number of hydrogen-bond donors (Lipinski definition) is 1. The summed E-state index contributed by atoms with van der Waals surface area (Å²) in [4.78, 5) is 28.5. The Bertz CT molecular complexity index is 1020. The van der Waals surface area contributed by atoms with E-state index in [-0.39, 0.29) is 17.9 Å². The molecule has 6 nitrogen and oxygen atoms in total. The molecule has 5 rings (SSSR count). The van der Waals surface area contributed by atoms with Crippen LogP contribution < -0.4 is 9.80 Å². The molecule has 0 spiro atoms. The highest BCUT2D eigenvalue weighted by Crippen LogP contribution is 2.28. The van der Waals surface area contributed by atoms with Crippen LogP contribution in [0, 0.1) is 5.92 Å². The van der Waals surface area contributed by atoms with Gasteiger partial charge < -0.3 is 9.88 Å². The standard InChI is InChI=1S/C27H35N5O/c1-21(20-32(25-13-7-8-14-28-25)27(33)22-9-3-2-4-10-22)30-15-17-31(18-16-30)26-19-23-11-5-6-12-24(23)29-26/h5-8,11-14,19,21-22,29H,2-4,9-10,15-18,20H2,1H3/t21-/m1/s1. The highest BCUT2D eigenvalue weighted by atomic mass is 16.2. The number of aromatic amines is 1. The van der Waals surface area contributed by atoms with Gasteiger partial charge in [-0.05, 0) is 44.0 Å². The van der Waals surface area contributed by atoms with Crippen LogP contribution in [0.15, 0.2) is 54.7 Å². The second-order valence-electron chi connectivity index (χ2n) is 9.59. The van der Waals surface area contributed by atoms with Crippen LogP contribution >= 0.6 is 0 Å². The van der Waals surface area contributed by atoms with Gasteiger partial charge in [0.1, 0.15) is 11.6 Å². The first-order chi connectivity index (χ1) is 16.2. The third-order valence-corrected chi connectivity index (χ3v) is 7.39. The van der Waals surface area contributed by atoms with E-state index in [2.05, 4.69) is 57.0 Å². The molecule has 0 radical (unpaired) electrons. The number of carbonyl (C=O) groups excluding carboxylic acids is 1. The van der Waals surface area contributed by atoms with Crippen LogP contribution in [0.5, 0.6) is 0 Å². The van der Waals surface area contributed by atoms with Crippen molar-refractivity contribution in [2.75, 3.05) is 42.5 Å². The van der Waals surface area contributed by atoms with Gasteiger partial charge in [-0.15, -0.1) is 0 Å². The molecule has 1 atom stereocenters. The Balaban J connectivity index is 1.24. The third-order valence-electron chi connectivity index (χ3n) is 7.39. The van der Waals surface area contributed by atoms with Crippen LogP contribution in [0.1, 0.15) is 39.0 Å². The zero-order valence-corrected chi connectivity index (χ0v) is 19.6. The summed E-state index contributed by atoms with van der Waals surface area (Å²) in [7, 11) is 0. The van der Waals surface area contributed by atoms with Crippen molar-refractivity contribution < 1.29 is 4.79 Å². The minimum atomic E-state index is 0.145. The van der Waals surface area contributed by atoms with Crippen molar-refractivity contribution in [3.05, 3.63) is 54.7 Å². The van der Waals surface area contributed by atoms with Crippen molar-refractivity contribution >= 4 is 28.4 Å². The molecule has 1 aromatic carbocycles. The molecule has 2 aliphatic rings. The van der Waals surface area contributed by atoms with E-state index >= 15 is 0 Å². The molecular weight excluding hydrogens is 410 g/mol. The van der Waals surface area contributed by atoms with Gasteiger partial charge in [-0.25, -0.2) is 4.98 Å². The van der Waals surface area contributed by atoms with Gasteiger partial charge in [0, 0.05) is 61.8 Å². The lowest BCUT2D eigenvalue weighted by Gasteiger charge is -2.40. The second-order valence-corrected chi connectivity index (χ2v) is 9.59. The maximum Gasteiger partial charge on any atom is 0.231 e. The average molecular weight is 446 g/mol. The number of nitrogens with one attached hydrogen (secondary N) is 1. The molecule has 1 amide bonds. The molecule has 1 aliphatic heterocycles. The van der Waals surface area contributed by atoms with Crippen molar-refractivity contribution in [2.24, 2.45) is 5.92 Å². The molecule has 6 heteroatoms. The highest BCUT2D eigenvalue weighted by molar-refractivity contribution is 5.94. The number of para-hydroxylation sites is 1. The number of hydrogen-bond acceptors (Lipinski definition) is 4. The first-order valence-corrected chi connectivity index (χ1v) is 12.5. The molecule has 1 aliphatic carbocycles. The Hall–Kier alpha value is -2.86. The number of rotatable bonds is 6. The van der Waals surface area contributed by atoms with Gasteiger partial charge in [0.25, 0.3) is 0 Å². The second kappa shape index (κ2) is 9.96. The summed E-state index contributed by atoms with van der Waals surface area (Å²) in [5.74, 6) is 2.39. The maximum atomic E-state index is 13.5. The lowest BCUT2D eigenvalue weighted by Crippen LogP contribution is -2.53. The number of anilines is 2. The summed E-state index contributed by atoms with van der Waals surface area (Å²) in [5, 5.41) is 1.26. The monoisotopic (exact) mass is 445 g/mol. The van der Waals surface area contributed by atoms with E-state index in [0.29, 0.717) is 6.54 Å². The molecule has 0 bridgehead atoms. The van der Waals surface area contributed by atoms with Gasteiger partial charge >= 0.3 is 0 Å². The molecule has 2 aromatic heterocycles. The largest absolute Gasteiger partial charge is 0.356 e. The molecule has 1 N–H and O–H groups in total. The number of pyridine rings is 1. The molecule has 0 unspecified atom stereocenters. The lowest BCUT2D eigenvalue weighted by molar-refractivity contribution is -0.123. The Morgan fingerprint density at radius 1 is 1.06 bits per heavy atom. The van der Waals surface area contributed by atoms with Gasteiger partial charge in [0.05, 0.1) is 0 Å². The summed E-state index contributed by atoms with van der Waals surface area (Å²) in [6.45, 7) is 6.89. The summed E-state index contributed by atoms with van der Waals surface area (Å²) >= 11 is 0. The quantitative estimate of drug-likeness (QED) is 0.598. The van der Waals surface area contributed by atoms with Gasteiger partial charge in [-0.1, -0.05) is 43.5 Å². The van der Waals surface area contributed by atoms with Crippen LogP contribution in [-0.2, 0) is 4.79 Å². The fourth-order valence-electron chi connectivity index (χ4n) is 5.39.